The zero-order valence-electron chi connectivity index (χ0n) is 6.60. The van der Waals surface area contributed by atoms with Crippen LogP contribution in [0.25, 0.3) is 0 Å². The standard InChI is InChI=1S/C10H16/c1-2-6-10-7-9(10)5-4-8(10)3-1/h8-9H,1-7H2/t8?,9-,10?/m1/s1. The molecule has 0 amide bonds. The minimum Gasteiger partial charge on any atom is -0.0530 e. The van der Waals surface area contributed by atoms with Crippen molar-refractivity contribution in [3.63, 3.8) is 0 Å². The third-order valence-corrected chi connectivity index (χ3v) is 4.40. The van der Waals surface area contributed by atoms with E-state index in [1.165, 1.54) is 11.8 Å². The van der Waals surface area contributed by atoms with Crippen LogP contribution in [0.3, 0.4) is 0 Å². The van der Waals surface area contributed by atoms with Crippen molar-refractivity contribution in [2.75, 3.05) is 0 Å². The summed E-state index contributed by atoms with van der Waals surface area (Å²) in [5.41, 5.74) is 0.957. The fourth-order valence-corrected chi connectivity index (χ4v) is 3.77. The lowest BCUT2D eigenvalue weighted by Gasteiger charge is -2.28. The summed E-state index contributed by atoms with van der Waals surface area (Å²) in [5, 5.41) is 0. The second-order valence-electron chi connectivity index (χ2n) is 4.65. The lowest BCUT2D eigenvalue weighted by molar-refractivity contribution is 0.228. The van der Waals surface area contributed by atoms with Gasteiger partial charge in [-0.15, -0.1) is 0 Å². The summed E-state index contributed by atoms with van der Waals surface area (Å²) in [6.07, 6.45) is 11.1. The molecule has 0 aromatic carbocycles. The average molecular weight is 136 g/mol. The maximum absolute atomic E-state index is 1.62. The molecule has 3 atom stereocenters. The normalized spacial score (nSPS) is 57.6. The Bertz CT molecular complexity index is 161. The molecule has 0 heterocycles. The van der Waals surface area contributed by atoms with Gasteiger partial charge < -0.3 is 0 Å². The van der Waals surface area contributed by atoms with E-state index in [9.17, 15) is 0 Å². The minimum atomic E-state index is 0.957. The molecule has 0 nitrogen and oxygen atoms in total. The fraction of sp³-hybridized carbons (Fsp3) is 1.00. The van der Waals surface area contributed by atoms with E-state index in [1.807, 2.05) is 0 Å². The van der Waals surface area contributed by atoms with E-state index in [0.717, 1.165) is 5.41 Å². The van der Waals surface area contributed by atoms with Gasteiger partial charge in [-0.05, 0) is 49.4 Å². The second-order valence-corrected chi connectivity index (χ2v) is 4.65. The highest BCUT2D eigenvalue weighted by Gasteiger charge is 2.62. The molecule has 0 aromatic heterocycles. The van der Waals surface area contributed by atoms with Crippen LogP contribution in [-0.4, -0.2) is 0 Å². The van der Waals surface area contributed by atoms with Gasteiger partial charge in [-0.1, -0.05) is 12.8 Å². The largest absolute Gasteiger partial charge is 0.0530 e. The van der Waals surface area contributed by atoms with Gasteiger partial charge in [-0.25, -0.2) is 0 Å². The first-order chi connectivity index (χ1) is 4.92. The monoisotopic (exact) mass is 136 g/mol. The number of hydrogen-bond acceptors (Lipinski definition) is 0. The summed E-state index contributed by atoms with van der Waals surface area (Å²) in [5.74, 6) is 2.39. The summed E-state index contributed by atoms with van der Waals surface area (Å²) in [4.78, 5) is 0. The smallest absolute Gasteiger partial charge is 0.0238 e. The first-order valence-corrected chi connectivity index (χ1v) is 4.92. The number of rotatable bonds is 0. The molecule has 3 fully saturated rings. The summed E-state index contributed by atoms with van der Waals surface area (Å²) in [7, 11) is 0. The maximum Gasteiger partial charge on any atom is -0.0238 e. The highest BCUT2D eigenvalue weighted by molar-refractivity contribution is 5.11. The molecule has 3 aliphatic rings. The molecule has 56 valence electrons. The summed E-state index contributed by atoms with van der Waals surface area (Å²) < 4.78 is 0. The topological polar surface area (TPSA) is 0 Å². The molecule has 1 spiro atoms. The van der Waals surface area contributed by atoms with Gasteiger partial charge in [0.05, 0.1) is 0 Å². The van der Waals surface area contributed by atoms with Crippen molar-refractivity contribution >= 4 is 0 Å². The molecular weight excluding hydrogens is 120 g/mol. The third kappa shape index (κ3) is 0.500. The zero-order chi connectivity index (χ0) is 6.60. The Balaban J connectivity index is 1.89. The SMILES string of the molecule is C1CCC23C[C@H]2CCC3C1. The first-order valence-electron chi connectivity index (χ1n) is 4.92. The van der Waals surface area contributed by atoms with Crippen molar-refractivity contribution in [2.24, 2.45) is 17.3 Å². The molecule has 2 unspecified atom stereocenters. The fourth-order valence-electron chi connectivity index (χ4n) is 3.77. The summed E-state index contributed by atoms with van der Waals surface area (Å²) in [6, 6.07) is 0. The lowest BCUT2D eigenvalue weighted by Crippen LogP contribution is -2.17. The maximum atomic E-state index is 1.62. The van der Waals surface area contributed by atoms with E-state index in [-0.39, 0.29) is 0 Å². The predicted octanol–water partition coefficient (Wildman–Crippen LogP) is 2.98. The van der Waals surface area contributed by atoms with Gasteiger partial charge in [0, 0.05) is 0 Å². The van der Waals surface area contributed by atoms with Crippen LogP contribution in [0.1, 0.15) is 44.9 Å². The Morgan fingerprint density at radius 1 is 0.900 bits per heavy atom. The van der Waals surface area contributed by atoms with E-state index < -0.39 is 0 Å². The Morgan fingerprint density at radius 2 is 1.80 bits per heavy atom. The van der Waals surface area contributed by atoms with Crippen LogP contribution in [0, 0.1) is 17.3 Å². The van der Waals surface area contributed by atoms with Gasteiger partial charge in [0.2, 0.25) is 0 Å². The van der Waals surface area contributed by atoms with Crippen molar-refractivity contribution in [3.05, 3.63) is 0 Å². The average Bonchev–Trinajstić information content (AvgIpc) is 2.55. The number of hydrogen-bond donors (Lipinski definition) is 0. The minimum absolute atomic E-state index is 0.957. The van der Waals surface area contributed by atoms with Crippen molar-refractivity contribution in [2.45, 2.75) is 44.9 Å². The van der Waals surface area contributed by atoms with Crippen LogP contribution in [0.5, 0.6) is 0 Å². The van der Waals surface area contributed by atoms with Crippen LogP contribution in [-0.2, 0) is 0 Å². The predicted molar refractivity (Wildman–Crippen MR) is 41.7 cm³/mol. The van der Waals surface area contributed by atoms with Crippen LogP contribution in [0.4, 0.5) is 0 Å². The van der Waals surface area contributed by atoms with Crippen LogP contribution >= 0.6 is 0 Å². The molecule has 0 aromatic rings. The third-order valence-electron chi connectivity index (χ3n) is 4.40. The van der Waals surface area contributed by atoms with Crippen LogP contribution in [0.2, 0.25) is 0 Å². The van der Waals surface area contributed by atoms with Crippen LogP contribution < -0.4 is 0 Å². The molecule has 0 saturated heterocycles. The molecule has 0 bridgehead atoms. The van der Waals surface area contributed by atoms with Crippen molar-refractivity contribution in [3.8, 4) is 0 Å². The molecule has 3 rings (SSSR count). The van der Waals surface area contributed by atoms with E-state index in [1.54, 1.807) is 44.9 Å². The molecule has 0 aliphatic heterocycles. The van der Waals surface area contributed by atoms with Gasteiger partial charge in [-0.2, -0.15) is 0 Å². The van der Waals surface area contributed by atoms with Crippen molar-refractivity contribution < 1.29 is 0 Å². The lowest BCUT2D eigenvalue weighted by atomic mass is 9.77. The quantitative estimate of drug-likeness (QED) is 0.480. The molecular formula is C10H16. The van der Waals surface area contributed by atoms with Gasteiger partial charge in [0.15, 0.2) is 0 Å². The highest BCUT2D eigenvalue weighted by atomic mass is 14.7. The van der Waals surface area contributed by atoms with Crippen molar-refractivity contribution in [1.29, 1.82) is 0 Å². The molecule has 3 aliphatic carbocycles. The van der Waals surface area contributed by atoms with E-state index in [4.69, 9.17) is 0 Å². The van der Waals surface area contributed by atoms with E-state index in [2.05, 4.69) is 0 Å². The summed E-state index contributed by atoms with van der Waals surface area (Å²) in [6.45, 7) is 0. The van der Waals surface area contributed by atoms with E-state index in [0.29, 0.717) is 0 Å². The van der Waals surface area contributed by atoms with Gasteiger partial charge in [0.1, 0.15) is 0 Å². The zero-order valence-corrected chi connectivity index (χ0v) is 6.60. The molecule has 10 heavy (non-hydrogen) atoms. The molecule has 3 saturated carbocycles. The first kappa shape index (κ1) is 5.62. The molecule has 0 N–H and O–H groups in total. The van der Waals surface area contributed by atoms with Crippen molar-refractivity contribution in [1.82, 2.24) is 0 Å². The second kappa shape index (κ2) is 1.60. The van der Waals surface area contributed by atoms with E-state index >= 15 is 0 Å². The van der Waals surface area contributed by atoms with Gasteiger partial charge in [-0.3, -0.25) is 0 Å². The Hall–Kier alpha value is 0. The molecule has 0 heteroatoms. The Kier molecular flexibility index (Phi) is 0.898. The highest BCUT2D eigenvalue weighted by Crippen LogP contribution is 2.71. The molecule has 0 radical (unpaired) electrons. The van der Waals surface area contributed by atoms with Gasteiger partial charge in [0.25, 0.3) is 0 Å². The Morgan fingerprint density at radius 3 is 2.60 bits per heavy atom. The Labute approximate surface area is 63.0 Å². The van der Waals surface area contributed by atoms with Crippen LogP contribution in [0.15, 0.2) is 0 Å². The van der Waals surface area contributed by atoms with Gasteiger partial charge >= 0.3 is 0 Å². The summed E-state index contributed by atoms with van der Waals surface area (Å²) >= 11 is 0.